The van der Waals surface area contributed by atoms with E-state index >= 15 is 0 Å². The number of piperidine rings is 1. The molecule has 2 aromatic carbocycles. The van der Waals surface area contributed by atoms with Gasteiger partial charge in [-0.3, -0.25) is 4.79 Å². The maximum atomic E-state index is 12.6. The second-order valence-electron chi connectivity index (χ2n) is 8.65. The van der Waals surface area contributed by atoms with E-state index in [-0.39, 0.29) is 11.9 Å². The topological polar surface area (TPSA) is 41.6 Å². The van der Waals surface area contributed by atoms with Crippen molar-refractivity contribution < 1.29 is 9.53 Å². The van der Waals surface area contributed by atoms with Crippen molar-refractivity contribution in [3.8, 4) is 5.75 Å². The normalized spacial score (nSPS) is 18.6. The number of carbonyl (C=O) groups excluding carboxylic acids is 1. The molecule has 2 aromatic rings. The zero-order valence-corrected chi connectivity index (χ0v) is 19.4. The molecule has 0 bridgehead atoms. The third-order valence-electron chi connectivity index (χ3n) is 5.87. The highest BCUT2D eigenvalue weighted by Gasteiger charge is 2.20. The molecule has 0 radical (unpaired) electrons. The molecule has 0 saturated carbocycles. The fourth-order valence-corrected chi connectivity index (χ4v) is 4.15. The number of hydrogen-bond donors (Lipinski definition) is 1. The largest absolute Gasteiger partial charge is 0.481 e. The zero-order valence-electron chi connectivity index (χ0n) is 18.7. The highest BCUT2D eigenvalue weighted by molar-refractivity contribution is 6.32. The molecule has 4 nitrogen and oxygen atoms in total. The number of anilines is 1. The molecule has 1 saturated heterocycles. The average molecular weight is 429 g/mol. The number of halogens is 1. The van der Waals surface area contributed by atoms with E-state index in [9.17, 15) is 4.79 Å². The molecule has 30 heavy (non-hydrogen) atoms. The molecular weight excluding hydrogens is 396 g/mol. The van der Waals surface area contributed by atoms with E-state index < -0.39 is 6.10 Å². The smallest absolute Gasteiger partial charge is 0.261 e. The number of amides is 1. The van der Waals surface area contributed by atoms with Crippen molar-refractivity contribution in [1.29, 1.82) is 0 Å². The van der Waals surface area contributed by atoms with Crippen LogP contribution in [0.1, 0.15) is 56.3 Å². The van der Waals surface area contributed by atoms with E-state index in [2.05, 4.69) is 41.4 Å². The van der Waals surface area contributed by atoms with Crippen LogP contribution < -0.4 is 15.0 Å². The summed E-state index contributed by atoms with van der Waals surface area (Å²) in [6.07, 6.45) is 1.97. The van der Waals surface area contributed by atoms with Gasteiger partial charge >= 0.3 is 0 Å². The first kappa shape index (κ1) is 22.5. The molecule has 0 aromatic heterocycles. The lowest BCUT2D eigenvalue weighted by Gasteiger charge is -2.33. The van der Waals surface area contributed by atoms with E-state index in [1.165, 1.54) is 18.5 Å². The summed E-state index contributed by atoms with van der Waals surface area (Å²) in [5, 5.41) is 3.79. The molecule has 1 aliphatic rings. The minimum absolute atomic E-state index is 0.0911. The van der Waals surface area contributed by atoms with Gasteiger partial charge in [-0.15, -0.1) is 0 Å². The van der Waals surface area contributed by atoms with Crippen molar-refractivity contribution in [2.75, 3.05) is 18.0 Å². The Balaban J connectivity index is 1.58. The Bertz CT molecular complexity index is 858. The molecule has 1 heterocycles. The first-order valence-corrected chi connectivity index (χ1v) is 11.2. The van der Waals surface area contributed by atoms with Gasteiger partial charge in [-0.25, -0.2) is 0 Å². The molecule has 3 rings (SSSR count). The fraction of sp³-hybridized carbons (Fsp3) is 0.480. The van der Waals surface area contributed by atoms with Gasteiger partial charge in [-0.05, 0) is 87.4 Å². The Morgan fingerprint density at radius 1 is 1.17 bits per heavy atom. The van der Waals surface area contributed by atoms with Gasteiger partial charge < -0.3 is 15.0 Å². The molecule has 0 spiro atoms. The molecule has 3 atom stereocenters. The van der Waals surface area contributed by atoms with Crippen LogP contribution in [0.2, 0.25) is 5.02 Å². The molecule has 162 valence electrons. The Kier molecular flexibility index (Phi) is 7.30. The molecule has 1 N–H and O–H groups in total. The minimum atomic E-state index is -0.596. The van der Waals surface area contributed by atoms with Gasteiger partial charge in [0.2, 0.25) is 0 Å². The van der Waals surface area contributed by atoms with Crippen LogP contribution in [-0.2, 0) is 4.79 Å². The molecule has 0 unspecified atom stereocenters. The van der Waals surface area contributed by atoms with Crippen molar-refractivity contribution in [3.05, 3.63) is 58.1 Å². The van der Waals surface area contributed by atoms with Crippen LogP contribution in [0.3, 0.4) is 0 Å². The van der Waals surface area contributed by atoms with Gasteiger partial charge in [0.1, 0.15) is 5.75 Å². The first-order valence-electron chi connectivity index (χ1n) is 10.8. The summed E-state index contributed by atoms with van der Waals surface area (Å²) in [5.41, 5.74) is 4.23. The average Bonchev–Trinajstić information content (AvgIpc) is 2.72. The highest BCUT2D eigenvalue weighted by atomic mass is 35.5. The number of aryl methyl sites for hydroxylation is 2. The van der Waals surface area contributed by atoms with Gasteiger partial charge in [-0.2, -0.15) is 0 Å². The van der Waals surface area contributed by atoms with Gasteiger partial charge in [0.25, 0.3) is 5.91 Å². The number of hydrogen-bond acceptors (Lipinski definition) is 3. The van der Waals surface area contributed by atoms with Crippen molar-refractivity contribution >= 4 is 23.2 Å². The van der Waals surface area contributed by atoms with Crippen molar-refractivity contribution in [2.45, 2.75) is 59.6 Å². The second kappa shape index (κ2) is 9.74. The van der Waals surface area contributed by atoms with Gasteiger partial charge in [-0.1, -0.05) is 30.7 Å². The predicted octanol–water partition coefficient (Wildman–Crippen LogP) is 5.84. The molecule has 1 amide bonds. The van der Waals surface area contributed by atoms with E-state index in [1.54, 1.807) is 6.92 Å². The van der Waals surface area contributed by atoms with Crippen molar-refractivity contribution in [2.24, 2.45) is 5.92 Å². The van der Waals surface area contributed by atoms with E-state index in [0.717, 1.165) is 40.7 Å². The van der Waals surface area contributed by atoms with Crippen LogP contribution >= 0.6 is 11.6 Å². The number of nitrogens with zero attached hydrogens (tertiary/aromatic N) is 1. The Hall–Kier alpha value is -2.20. The predicted molar refractivity (Wildman–Crippen MR) is 125 cm³/mol. The Morgan fingerprint density at radius 3 is 2.40 bits per heavy atom. The number of nitrogens with one attached hydrogen (secondary N) is 1. The zero-order chi connectivity index (χ0) is 21.8. The van der Waals surface area contributed by atoms with Crippen LogP contribution in [0.15, 0.2) is 36.4 Å². The van der Waals surface area contributed by atoms with Crippen LogP contribution in [-0.4, -0.2) is 25.1 Å². The third-order valence-corrected chi connectivity index (χ3v) is 6.46. The fourth-order valence-electron chi connectivity index (χ4n) is 4.04. The third kappa shape index (κ3) is 5.48. The summed E-state index contributed by atoms with van der Waals surface area (Å²) in [6, 6.07) is 12.2. The molecule has 1 fully saturated rings. The highest BCUT2D eigenvalue weighted by Crippen LogP contribution is 2.27. The molecule has 0 aliphatic carbocycles. The monoisotopic (exact) mass is 428 g/mol. The summed E-state index contributed by atoms with van der Waals surface area (Å²) in [6.45, 7) is 12.2. The van der Waals surface area contributed by atoms with Crippen molar-refractivity contribution in [3.63, 3.8) is 0 Å². The first-order chi connectivity index (χ1) is 14.2. The van der Waals surface area contributed by atoms with E-state index in [1.807, 2.05) is 32.9 Å². The summed E-state index contributed by atoms with van der Waals surface area (Å²) in [4.78, 5) is 15.1. The SMILES string of the molecule is Cc1cc(O[C@H](C)C(=O)N[C@@H](C)c2ccc(N3CCC[C@@H](C)C3)cc2)cc(C)c1Cl. The quantitative estimate of drug-likeness (QED) is 0.628. The summed E-state index contributed by atoms with van der Waals surface area (Å²) < 4.78 is 5.86. The van der Waals surface area contributed by atoms with E-state index in [0.29, 0.717) is 5.75 Å². The Morgan fingerprint density at radius 2 is 1.80 bits per heavy atom. The molecule has 5 heteroatoms. The maximum Gasteiger partial charge on any atom is 0.261 e. The number of carbonyl (C=O) groups is 1. The van der Waals surface area contributed by atoms with Gasteiger partial charge in [0, 0.05) is 23.8 Å². The summed E-state index contributed by atoms with van der Waals surface area (Å²) in [5.74, 6) is 1.26. The molecule has 1 aliphatic heterocycles. The number of benzene rings is 2. The standard InChI is InChI=1S/C25H33ClN2O2/c1-16-7-6-12-28(15-16)22-10-8-21(9-11-22)19(4)27-25(29)20(5)30-23-13-17(2)24(26)18(3)14-23/h8-11,13-14,16,19-20H,6-7,12,15H2,1-5H3,(H,27,29)/t16-,19+,20-/m1/s1. The lowest BCUT2D eigenvalue weighted by atomic mass is 9.99. The molecular formula is C25H33ClN2O2. The van der Waals surface area contributed by atoms with Gasteiger partial charge in [0.05, 0.1) is 6.04 Å². The van der Waals surface area contributed by atoms with Crippen LogP contribution in [0.25, 0.3) is 0 Å². The number of rotatable bonds is 6. The maximum absolute atomic E-state index is 12.6. The van der Waals surface area contributed by atoms with Crippen LogP contribution in [0.5, 0.6) is 5.75 Å². The summed E-state index contributed by atoms with van der Waals surface area (Å²) in [7, 11) is 0. The second-order valence-corrected chi connectivity index (χ2v) is 9.02. The van der Waals surface area contributed by atoms with E-state index in [4.69, 9.17) is 16.3 Å². The number of ether oxygens (including phenoxy) is 1. The lowest BCUT2D eigenvalue weighted by Crippen LogP contribution is -2.37. The lowest BCUT2D eigenvalue weighted by molar-refractivity contribution is -0.127. The van der Waals surface area contributed by atoms with Crippen LogP contribution in [0, 0.1) is 19.8 Å². The van der Waals surface area contributed by atoms with Gasteiger partial charge in [0.15, 0.2) is 6.10 Å². The minimum Gasteiger partial charge on any atom is -0.481 e. The summed E-state index contributed by atoms with van der Waals surface area (Å²) >= 11 is 6.22. The van der Waals surface area contributed by atoms with Crippen LogP contribution in [0.4, 0.5) is 5.69 Å². The van der Waals surface area contributed by atoms with Crippen molar-refractivity contribution in [1.82, 2.24) is 5.32 Å². The Labute approximate surface area is 185 Å².